The lowest BCUT2D eigenvalue weighted by molar-refractivity contribution is -0.0265. The zero-order valence-electron chi connectivity index (χ0n) is 14.4. The van der Waals surface area contributed by atoms with Crippen LogP contribution in [0.3, 0.4) is 0 Å². The highest BCUT2D eigenvalue weighted by atomic mass is 79.9. The van der Waals surface area contributed by atoms with E-state index < -0.39 is 33.8 Å². The quantitative estimate of drug-likeness (QED) is 0.385. The maximum Gasteiger partial charge on any atom is 0.339 e. The van der Waals surface area contributed by atoms with Gasteiger partial charge in [0.1, 0.15) is 0 Å². The van der Waals surface area contributed by atoms with Gasteiger partial charge in [0.15, 0.2) is 17.7 Å². The Bertz CT molecular complexity index is 896. The van der Waals surface area contributed by atoms with Gasteiger partial charge in [0.05, 0.1) is 15.3 Å². The van der Waals surface area contributed by atoms with Crippen molar-refractivity contribution < 1.29 is 23.5 Å². The summed E-state index contributed by atoms with van der Waals surface area (Å²) in [6.45, 7) is 1.72. The molecule has 0 spiro atoms. The Morgan fingerprint density at radius 3 is 2.32 bits per heavy atom. The summed E-state index contributed by atoms with van der Waals surface area (Å²) in [5.74, 6) is -1.37. The molecule has 1 saturated heterocycles. The molecule has 9 heteroatoms. The molecule has 1 fully saturated rings. The molecule has 4 atom stereocenters. The third-order valence-electron chi connectivity index (χ3n) is 4.05. The zero-order valence-corrected chi connectivity index (χ0v) is 18.3. The monoisotopic (exact) mass is 506 g/mol. The van der Waals surface area contributed by atoms with Crippen LogP contribution in [0.4, 0.5) is 4.39 Å². The number of esters is 2. The first kappa shape index (κ1) is 21.4. The fourth-order valence-electron chi connectivity index (χ4n) is 2.60. The lowest BCUT2D eigenvalue weighted by Crippen LogP contribution is -2.36. The van der Waals surface area contributed by atoms with Crippen molar-refractivity contribution in [3.05, 3.63) is 69.2 Å². The average Bonchev–Trinajstić information content (AvgIpc) is 2.89. The number of ether oxygens (including phenoxy) is 2. The van der Waals surface area contributed by atoms with E-state index in [0.29, 0.717) is 21.2 Å². The van der Waals surface area contributed by atoms with E-state index in [1.807, 2.05) is 0 Å². The van der Waals surface area contributed by atoms with E-state index >= 15 is 0 Å². The van der Waals surface area contributed by atoms with Gasteiger partial charge in [0.25, 0.3) is 0 Å². The van der Waals surface area contributed by atoms with Crippen molar-refractivity contribution in [3.63, 3.8) is 0 Å². The molecule has 0 unspecified atom stereocenters. The lowest BCUT2D eigenvalue weighted by atomic mass is 10.1. The summed E-state index contributed by atoms with van der Waals surface area (Å²) in [5, 5.41) is 0.949. The molecule has 1 heterocycles. The van der Waals surface area contributed by atoms with E-state index in [9.17, 15) is 14.0 Å². The Labute approximate surface area is 183 Å². The second-order valence-electron chi connectivity index (χ2n) is 6.04. The zero-order chi connectivity index (χ0) is 20.4. The van der Waals surface area contributed by atoms with Gasteiger partial charge in [-0.2, -0.15) is 0 Å². The van der Waals surface area contributed by atoms with E-state index in [2.05, 4.69) is 15.9 Å². The highest BCUT2D eigenvalue weighted by Gasteiger charge is 2.48. The highest BCUT2D eigenvalue weighted by Crippen LogP contribution is 2.42. The summed E-state index contributed by atoms with van der Waals surface area (Å²) in [6.07, 6.45) is -2.81. The van der Waals surface area contributed by atoms with Crippen LogP contribution in [0.1, 0.15) is 26.3 Å². The number of halogens is 4. The molecule has 0 aromatic heterocycles. The van der Waals surface area contributed by atoms with E-state index in [4.69, 9.17) is 32.7 Å². The van der Waals surface area contributed by atoms with Gasteiger partial charge in [-0.3, -0.25) is 0 Å². The predicted octanol–water partition coefficient (Wildman–Crippen LogP) is 5.82. The molecule has 2 aromatic carbocycles. The second kappa shape index (κ2) is 9.03. The summed E-state index contributed by atoms with van der Waals surface area (Å²) in [5.41, 5.74) is 0.153. The number of alkyl halides is 2. The Morgan fingerprint density at radius 2 is 1.68 bits per heavy atom. The lowest BCUT2D eigenvalue weighted by Gasteiger charge is -2.21. The molecular formula is C19H14BrCl2FO4S. The SMILES string of the molecule is Cc1cc(Cl)ccc1C(=O)O[C@@H]1S[C@H](Br)[C@@H](F)[C@@H]1OC(=O)c1ccc(Cl)cc1. The Kier molecular flexibility index (Phi) is 6.91. The smallest absolute Gasteiger partial charge is 0.339 e. The fourth-order valence-corrected chi connectivity index (χ4v) is 4.95. The molecule has 1 aliphatic rings. The van der Waals surface area contributed by atoms with Crippen LogP contribution < -0.4 is 0 Å². The van der Waals surface area contributed by atoms with Gasteiger partial charge in [-0.05, 0) is 55.0 Å². The number of thioether (sulfide) groups is 1. The number of carbonyl (C=O) groups excluding carboxylic acids is 2. The normalized spacial score (nSPS) is 24.0. The maximum absolute atomic E-state index is 14.6. The van der Waals surface area contributed by atoms with Crippen molar-refractivity contribution in [2.24, 2.45) is 0 Å². The van der Waals surface area contributed by atoms with E-state index in [0.717, 1.165) is 11.8 Å². The molecule has 148 valence electrons. The highest BCUT2D eigenvalue weighted by molar-refractivity contribution is 9.11. The molecule has 4 nitrogen and oxygen atoms in total. The summed E-state index contributed by atoms with van der Waals surface area (Å²) < 4.78 is 24.7. The van der Waals surface area contributed by atoms with E-state index in [-0.39, 0.29) is 5.56 Å². The number of rotatable bonds is 4. The third kappa shape index (κ3) is 4.82. The summed E-state index contributed by atoms with van der Waals surface area (Å²) in [4.78, 5) is 24.9. The molecule has 2 aromatic rings. The van der Waals surface area contributed by atoms with Crippen molar-refractivity contribution >= 4 is 62.8 Å². The Morgan fingerprint density at radius 1 is 1.04 bits per heavy atom. The van der Waals surface area contributed by atoms with Gasteiger partial charge in [0, 0.05) is 10.0 Å². The van der Waals surface area contributed by atoms with Crippen LogP contribution >= 0.6 is 50.9 Å². The van der Waals surface area contributed by atoms with Gasteiger partial charge in [0.2, 0.25) is 0 Å². The van der Waals surface area contributed by atoms with Gasteiger partial charge in [-0.15, -0.1) is 0 Å². The molecule has 0 bridgehead atoms. The maximum atomic E-state index is 14.6. The summed E-state index contributed by atoms with van der Waals surface area (Å²) in [7, 11) is 0. The van der Waals surface area contributed by atoms with Gasteiger partial charge in [-0.25, -0.2) is 14.0 Å². The van der Waals surface area contributed by atoms with Crippen LogP contribution in [0.25, 0.3) is 0 Å². The van der Waals surface area contributed by atoms with Crippen molar-refractivity contribution in [3.8, 4) is 0 Å². The first-order chi connectivity index (χ1) is 13.3. The van der Waals surface area contributed by atoms with Crippen molar-refractivity contribution in [1.82, 2.24) is 0 Å². The Balaban J connectivity index is 1.74. The minimum atomic E-state index is -1.55. The van der Waals surface area contributed by atoms with Crippen molar-refractivity contribution in [1.29, 1.82) is 0 Å². The van der Waals surface area contributed by atoms with Gasteiger partial charge in [-0.1, -0.05) is 50.9 Å². The molecule has 28 heavy (non-hydrogen) atoms. The van der Waals surface area contributed by atoms with Crippen LogP contribution in [0, 0.1) is 6.92 Å². The molecule has 0 saturated carbocycles. The summed E-state index contributed by atoms with van der Waals surface area (Å²) in [6, 6.07) is 10.7. The molecule has 0 aliphatic carbocycles. The van der Waals surface area contributed by atoms with Crippen LogP contribution in [0.5, 0.6) is 0 Å². The fraction of sp³-hybridized carbons (Fsp3) is 0.263. The number of hydrogen-bond donors (Lipinski definition) is 0. The average molecular weight is 508 g/mol. The first-order valence-corrected chi connectivity index (χ1v) is 10.7. The van der Waals surface area contributed by atoms with Crippen LogP contribution in [0.15, 0.2) is 42.5 Å². The minimum Gasteiger partial charge on any atom is -0.451 e. The molecule has 1 aliphatic heterocycles. The predicted molar refractivity (Wildman–Crippen MR) is 111 cm³/mol. The molecule has 3 rings (SSSR count). The molecular weight excluding hydrogens is 494 g/mol. The number of benzene rings is 2. The van der Waals surface area contributed by atoms with Crippen LogP contribution in [0.2, 0.25) is 10.0 Å². The van der Waals surface area contributed by atoms with E-state index in [1.54, 1.807) is 19.1 Å². The number of hydrogen-bond acceptors (Lipinski definition) is 5. The molecule has 0 N–H and O–H groups in total. The molecule has 0 amide bonds. The largest absolute Gasteiger partial charge is 0.451 e. The standard InChI is InChI=1S/C19H14BrCl2FO4S/c1-9-8-12(22)6-7-13(9)18(25)27-19-15(14(23)16(20)28-19)26-17(24)10-2-4-11(21)5-3-10/h2-8,14-16,19H,1H3/t14-,15-,16-,19+/m0/s1. The minimum absolute atomic E-state index is 0.221. The van der Waals surface area contributed by atoms with Crippen molar-refractivity contribution in [2.45, 2.75) is 28.8 Å². The molecule has 0 radical (unpaired) electrons. The number of aryl methyl sites for hydroxylation is 1. The van der Waals surface area contributed by atoms with Gasteiger partial charge < -0.3 is 9.47 Å². The number of carbonyl (C=O) groups is 2. The second-order valence-corrected chi connectivity index (χ2v) is 9.75. The summed E-state index contributed by atoms with van der Waals surface area (Å²) >= 11 is 15.9. The van der Waals surface area contributed by atoms with Gasteiger partial charge >= 0.3 is 11.9 Å². The third-order valence-corrected chi connectivity index (χ3v) is 6.84. The first-order valence-electron chi connectivity index (χ1n) is 8.13. The Hall–Kier alpha value is -1.28. The van der Waals surface area contributed by atoms with Crippen LogP contribution in [-0.2, 0) is 9.47 Å². The van der Waals surface area contributed by atoms with Crippen LogP contribution in [-0.4, -0.2) is 33.8 Å². The topological polar surface area (TPSA) is 52.6 Å². The van der Waals surface area contributed by atoms with E-state index in [1.165, 1.54) is 30.3 Å². The van der Waals surface area contributed by atoms with Crippen molar-refractivity contribution in [2.75, 3.05) is 0 Å².